The van der Waals surface area contributed by atoms with Gasteiger partial charge in [-0.1, -0.05) is 6.92 Å². The molecule has 0 unspecified atom stereocenters. The zero-order valence-electron chi connectivity index (χ0n) is 10.9. The van der Waals surface area contributed by atoms with Gasteiger partial charge in [-0.25, -0.2) is 9.78 Å². The molecule has 2 rings (SSSR count). The molecule has 0 saturated carbocycles. The maximum Gasteiger partial charge on any atom is 0.354 e. The summed E-state index contributed by atoms with van der Waals surface area (Å²) in [5.41, 5.74) is 1.35. The minimum atomic E-state index is -0.975. The fourth-order valence-corrected chi connectivity index (χ4v) is 1.88. The van der Waals surface area contributed by atoms with E-state index in [1.165, 1.54) is 0 Å². The van der Waals surface area contributed by atoms with Gasteiger partial charge in [0.05, 0.1) is 12.3 Å². The first-order chi connectivity index (χ1) is 9.17. The molecule has 0 saturated heterocycles. The highest BCUT2D eigenvalue weighted by molar-refractivity contribution is 5.88. The normalized spacial score (nSPS) is 10.8. The van der Waals surface area contributed by atoms with Crippen LogP contribution in [0.15, 0.2) is 18.3 Å². The molecule has 19 heavy (non-hydrogen) atoms. The van der Waals surface area contributed by atoms with Crippen molar-refractivity contribution in [2.45, 2.75) is 13.3 Å². The summed E-state index contributed by atoms with van der Waals surface area (Å²) in [6.45, 7) is 2.82. The minimum absolute atomic E-state index is 0.209. The van der Waals surface area contributed by atoms with Crippen LogP contribution in [0.25, 0.3) is 5.65 Å². The molecule has 2 aromatic heterocycles. The number of aromatic nitrogens is 2. The number of nitrogens with zero attached hydrogens (tertiary/aromatic N) is 2. The van der Waals surface area contributed by atoms with Crippen LogP contribution in [0.5, 0.6) is 5.75 Å². The summed E-state index contributed by atoms with van der Waals surface area (Å²) in [5.74, 6) is -0.327. The molecule has 6 nitrogen and oxygen atoms in total. The minimum Gasteiger partial charge on any atom is -0.491 e. The summed E-state index contributed by atoms with van der Waals surface area (Å²) in [7, 11) is 1.60. The number of fused-ring (bicyclic) bond motifs is 1. The predicted octanol–water partition coefficient (Wildman–Crippen LogP) is 1.62. The Hall–Kier alpha value is -2.08. The molecule has 0 spiro atoms. The van der Waals surface area contributed by atoms with Crippen molar-refractivity contribution in [2.75, 3.05) is 20.3 Å². The van der Waals surface area contributed by atoms with Gasteiger partial charge in [-0.05, 0) is 12.5 Å². The van der Waals surface area contributed by atoms with Gasteiger partial charge in [0.2, 0.25) is 0 Å². The van der Waals surface area contributed by atoms with Crippen LogP contribution in [-0.4, -0.2) is 40.8 Å². The van der Waals surface area contributed by atoms with Gasteiger partial charge in [0.25, 0.3) is 0 Å². The number of aromatic carboxylic acids is 1. The lowest BCUT2D eigenvalue weighted by Gasteiger charge is -2.05. The van der Waals surface area contributed by atoms with Gasteiger partial charge in [-0.15, -0.1) is 0 Å². The van der Waals surface area contributed by atoms with Crippen molar-refractivity contribution in [1.82, 2.24) is 9.38 Å². The van der Waals surface area contributed by atoms with E-state index in [4.69, 9.17) is 9.47 Å². The number of aryl methyl sites for hydroxylation is 1. The molecular formula is C13H16N2O4. The van der Waals surface area contributed by atoms with Gasteiger partial charge < -0.3 is 14.6 Å². The molecule has 0 aliphatic carbocycles. The van der Waals surface area contributed by atoms with Crippen LogP contribution < -0.4 is 4.74 Å². The van der Waals surface area contributed by atoms with Crippen molar-refractivity contribution in [3.63, 3.8) is 0 Å². The van der Waals surface area contributed by atoms with Gasteiger partial charge in [-0.2, -0.15) is 0 Å². The number of carboxylic acids is 1. The molecule has 2 aromatic rings. The van der Waals surface area contributed by atoms with Crippen molar-refractivity contribution >= 4 is 11.6 Å². The number of ether oxygens (including phenoxy) is 2. The van der Waals surface area contributed by atoms with Crippen LogP contribution in [0.4, 0.5) is 0 Å². The Morgan fingerprint density at radius 2 is 2.26 bits per heavy atom. The van der Waals surface area contributed by atoms with Crippen molar-refractivity contribution in [2.24, 2.45) is 0 Å². The zero-order valence-corrected chi connectivity index (χ0v) is 10.9. The maximum atomic E-state index is 11.2. The molecule has 0 radical (unpaired) electrons. The molecule has 6 heteroatoms. The number of hydrogen-bond donors (Lipinski definition) is 1. The van der Waals surface area contributed by atoms with Crippen LogP contribution in [0, 0.1) is 0 Å². The summed E-state index contributed by atoms with van der Waals surface area (Å²) in [6, 6.07) is 3.44. The molecular weight excluding hydrogens is 248 g/mol. The highest BCUT2D eigenvalue weighted by Crippen LogP contribution is 2.19. The third-order valence-electron chi connectivity index (χ3n) is 2.76. The van der Waals surface area contributed by atoms with E-state index in [1.807, 2.05) is 6.92 Å². The maximum absolute atomic E-state index is 11.2. The van der Waals surface area contributed by atoms with Gasteiger partial charge in [0, 0.05) is 19.4 Å². The standard InChI is InChI=1S/C13H16N2O4/c1-3-10-12(13(16)17)15-5-4-9(8-11(15)14-10)19-7-6-18-2/h4-5,8H,3,6-7H2,1-2H3,(H,16,17). The summed E-state index contributed by atoms with van der Waals surface area (Å²) in [4.78, 5) is 15.6. The average molecular weight is 264 g/mol. The molecule has 102 valence electrons. The Labute approximate surface area is 110 Å². The lowest BCUT2D eigenvalue weighted by atomic mass is 10.2. The number of methoxy groups -OCH3 is 1. The molecule has 0 aromatic carbocycles. The summed E-state index contributed by atoms with van der Waals surface area (Å²) in [5, 5.41) is 9.22. The molecule has 0 bridgehead atoms. The first kappa shape index (κ1) is 13.4. The van der Waals surface area contributed by atoms with Gasteiger partial charge in [-0.3, -0.25) is 4.40 Å². The van der Waals surface area contributed by atoms with E-state index in [9.17, 15) is 9.90 Å². The van der Waals surface area contributed by atoms with Crippen molar-refractivity contribution < 1.29 is 19.4 Å². The van der Waals surface area contributed by atoms with Crippen molar-refractivity contribution in [3.05, 3.63) is 29.7 Å². The van der Waals surface area contributed by atoms with Gasteiger partial charge in [0.1, 0.15) is 18.0 Å². The number of carbonyl (C=O) groups is 1. The van der Waals surface area contributed by atoms with Crippen LogP contribution in [-0.2, 0) is 11.2 Å². The molecule has 2 heterocycles. The number of pyridine rings is 1. The second kappa shape index (κ2) is 5.71. The van der Waals surface area contributed by atoms with Crippen molar-refractivity contribution in [3.8, 4) is 5.75 Å². The SMILES string of the molecule is CCc1nc2cc(OCCOC)ccn2c1C(=O)O. The van der Waals surface area contributed by atoms with Crippen LogP contribution in [0.3, 0.4) is 0 Å². The Morgan fingerprint density at radius 1 is 1.47 bits per heavy atom. The number of rotatable bonds is 6. The predicted molar refractivity (Wildman–Crippen MR) is 68.9 cm³/mol. The first-order valence-electron chi connectivity index (χ1n) is 6.03. The quantitative estimate of drug-likeness (QED) is 0.802. The van der Waals surface area contributed by atoms with Crippen LogP contribution in [0.2, 0.25) is 0 Å². The molecule has 0 fully saturated rings. The van der Waals surface area contributed by atoms with E-state index < -0.39 is 5.97 Å². The van der Waals surface area contributed by atoms with E-state index in [0.717, 1.165) is 0 Å². The number of carboxylic acid groups (broad SMARTS) is 1. The molecule has 0 aliphatic rings. The molecule has 1 N–H and O–H groups in total. The van der Waals surface area contributed by atoms with E-state index in [2.05, 4.69) is 4.98 Å². The van der Waals surface area contributed by atoms with E-state index in [1.54, 1.807) is 29.8 Å². The highest BCUT2D eigenvalue weighted by atomic mass is 16.5. The third kappa shape index (κ3) is 2.68. The third-order valence-corrected chi connectivity index (χ3v) is 2.76. The fraction of sp³-hybridized carbons (Fsp3) is 0.385. The molecule has 0 aliphatic heterocycles. The van der Waals surface area contributed by atoms with Crippen LogP contribution >= 0.6 is 0 Å². The van der Waals surface area contributed by atoms with Crippen molar-refractivity contribution in [1.29, 1.82) is 0 Å². The largest absolute Gasteiger partial charge is 0.491 e. The smallest absolute Gasteiger partial charge is 0.354 e. The highest BCUT2D eigenvalue weighted by Gasteiger charge is 2.17. The van der Waals surface area contributed by atoms with E-state index in [0.29, 0.717) is 36.7 Å². The zero-order chi connectivity index (χ0) is 13.8. The number of imidazole rings is 1. The second-order valence-electron chi connectivity index (χ2n) is 4.00. The average Bonchev–Trinajstić information content (AvgIpc) is 2.76. The fourth-order valence-electron chi connectivity index (χ4n) is 1.88. The lowest BCUT2D eigenvalue weighted by Crippen LogP contribution is -2.06. The van der Waals surface area contributed by atoms with E-state index >= 15 is 0 Å². The summed E-state index contributed by atoms with van der Waals surface area (Å²) in [6.07, 6.45) is 2.23. The summed E-state index contributed by atoms with van der Waals surface area (Å²) >= 11 is 0. The van der Waals surface area contributed by atoms with Gasteiger partial charge >= 0.3 is 5.97 Å². The lowest BCUT2D eigenvalue weighted by molar-refractivity contribution is 0.0688. The second-order valence-corrected chi connectivity index (χ2v) is 4.00. The molecule has 0 amide bonds. The van der Waals surface area contributed by atoms with E-state index in [-0.39, 0.29) is 5.69 Å². The first-order valence-corrected chi connectivity index (χ1v) is 6.03. The summed E-state index contributed by atoms with van der Waals surface area (Å²) < 4.78 is 11.9. The topological polar surface area (TPSA) is 73.1 Å². The number of hydrogen-bond acceptors (Lipinski definition) is 4. The Morgan fingerprint density at radius 3 is 2.89 bits per heavy atom. The monoisotopic (exact) mass is 264 g/mol. The Balaban J connectivity index is 2.36. The van der Waals surface area contributed by atoms with Gasteiger partial charge in [0.15, 0.2) is 5.69 Å². The Kier molecular flexibility index (Phi) is 4.01. The Bertz CT molecular complexity index is 592. The van der Waals surface area contributed by atoms with Crippen LogP contribution in [0.1, 0.15) is 23.1 Å². The molecule has 0 atom stereocenters.